The first-order chi connectivity index (χ1) is 10.3. The standard InChI is InChI=1S/C17H22N4/c1-3-16(18-4-2)14-8-10-20(11-14)12-15-13-21-9-6-5-7-17(21)19-15/h5-11,13,16,18H,3-4,12H2,1-2H3. The van der Waals surface area contributed by atoms with Crippen LogP contribution in [0.3, 0.4) is 0 Å². The number of nitrogens with one attached hydrogen (secondary N) is 1. The summed E-state index contributed by atoms with van der Waals surface area (Å²) in [6.45, 7) is 6.17. The average Bonchev–Trinajstić information content (AvgIpc) is 3.11. The molecule has 0 fully saturated rings. The highest BCUT2D eigenvalue weighted by atomic mass is 15.0. The van der Waals surface area contributed by atoms with Crippen molar-refractivity contribution in [1.82, 2.24) is 19.3 Å². The molecule has 4 heteroatoms. The molecule has 3 aromatic rings. The Morgan fingerprint density at radius 2 is 2.05 bits per heavy atom. The third-order valence-electron chi connectivity index (χ3n) is 3.79. The molecule has 0 aromatic carbocycles. The lowest BCUT2D eigenvalue weighted by atomic mass is 10.1. The van der Waals surface area contributed by atoms with Gasteiger partial charge in [0.15, 0.2) is 0 Å². The fraction of sp³-hybridized carbons (Fsp3) is 0.353. The molecule has 3 aromatic heterocycles. The molecule has 0 bridgehead atoms. The number of hydrogen-bond donors (Lipinski definition) is 1. The van der Waals surface area contributed by atoms with Crippen molar-refractivity contribution in [1.29, 1.82) is 0 Å². The van der Waals surface area contributed by atoms with E-state index < -0.39 is 0 Å². The van der Waals surface area contributed by atoms with Gasteiger partial charge < -0.3 is 14.3 Å². The highest BCUT2D eigenvalue weighted by Gasteiger charge is 2.09. The van der Waals surface area contributed by atoms with Gasteiger partial charge in [0.2, 0.25) is 0 Å². The van der Waals surface area contributed by atoms with Gasteiger partial charge in [-0.2, -0.15) is 0 Å². The van der Waals surface area contributed by atoms with Crippen molar-refractivity contribution < 1.29 is 0 Å². The molecule has 4 nitrogen and oxygen atoms in total. The molecular weight excluding hydrogens is 260 g/mol. The summed E-state index contributed by atoms with van der Waals surface area (Å²) in [5, 5.41) is 3.51. The van der Waals surface area contributed by atoms with Crippen LogP contribution < -0.4 is 5.32 Å². The molecule has 3 heterocycles. The number of fused-ring (bicyclic) bond motifs is 1. The Hall–Kier alpha value is -2.07. The van der Waals surface area contributed by atoms with E-state index in [2.05, 4.69) is 57.8 Å². The first kappa shape index (κ1) is 13.9. The highest BCUT2D eigenvalue weighted by Crippen LogP contribution is 2.17. The van der Waals surface area contributed by atoms with Gasteiger partial charge in [-0.1, -0.05) is 19.9 Å². The summed E-state index contributed by atoms with van der Waals surface area (Å²) >= 11 is 0. The van der Waals surface area contributed by atoms with Crippen LogP contribution in [0.1, 0.15) is 37.6 Å². The first-order valence-corrected chi connectivity index (χ1v) is 7.61. The number of rotatable bonds is 6. The minimum Gasteiger partial charge on any atom is -0.348 e. The number of aromatic nitrogens is 3. The van der Waals surface area contributed by atoms with Gasteiger partial charge >= 0.3 is 0 Å². The molecule has 0 spiro atoms. The third kappa shape index (κ3) is 3.00. The number of pyridine rings is 1. The zero-order valence-corrected chi connectivity index (χ0v) is 12.7. The minimum absolute atomic E-state index is 0.442. The van der Waals surface area contributed by atoms with Crippen molar-refractivity contribution in [3.63, 3.8) is 0 Å². The predicted molar refractivity (Wildman–Crippen MR) is 85.4 cm³/mol. The smallest absolute Gasteiger partial charge is 0.137 e. The van der Waals surface area contributed by atoms with Gasteiger partial charge in [0, 0.05) is 30.8 Å². The van der Waals surface area contributed by atoms with Gasteiger partial charge in [-0.15, -0.1) is 0 Å². The zero-order valence-electron chi connectivity index (χ0n) is 12.7. The minimum atomic E-state index is 0.442. The van der Waals surface area contributed by atoms with Crippen molar-refractivity contribution in [2.45, 2.75) is 32.9 Å². The Morgan fingerprint density at radius 3 is 2.81 bits per heavy atom. The molecule has 1 N–H and O–H groups in total. The van der Waals surface area contributed by atoms with Crippen LogP contribution in [0.2, 0.25) is 0 Å². The summed E-state index contributed by atoms with van der Waals surface area (Å²) in [7, 11) is 0. The summed E-state index contributed by atoms with van der Waals surface area (Å²) in [6, 6.07) is 8.71. The van der Waals surface area contributed by atoms with E-state index in [-0.39, 0.29) is 0 Å². The average molecular weight is 282 g/mol. The molecule has 0 aliphatic heterocycles. The van der Waals surface area contributed by atoms with Crippen molar-refractivity contribution in [3.05, 3.63) is 60.3 Å². The SMILES string of the molecule is CCNC(CC)c1ccn(Cc2cn3ccccc3n2)c1. The van der Waals surface area contributed by atoms with Crippen LogP contribution in [0.15, 0.2) is 49.1 Å². The topological polar surface area (TPSA) is 34.3 Å². The Bertz CT molecular complexity index is 677. The van der Waals surface area contributed by atoms with E-state index >= 15 is 0 Å². The zero-order chi connectivity index (χ0) is 14.7. The molecule has 0 aliphatic carbocycles. The maximum atomic E-state index is 4.65. The van der Waals surface area contributed by atoms with E-state index in [9.17, 15) is 0 Å². The van der Waals surface area contributed by atoms with Gasteiger partial charge in [0.1, 0.15) is 5.65 Å². The van der Waals surface area contributed by atoms with Crippen LogP contribution in [-0.4, -0.2) is 20.5 Å². The molecular formula is C17H22N4. The second kappa shape index (κ2) is 6.14. The summed E-state index contributed by atoms with van der Waals surface area (Å²) < 4.78 is 4.27. The second-order valence-corrected chi connectivity index (χ2v) is 5.33. The molecule has 110 valence electrons. The molecule has 3 rings (SSSR count). The normalized spacial score (nSPS) is 12.9. The van der Waals surface area contributed by atoms with E-state index in [0.717, 1.165) is 30.9 Å². The molecule has 0 radical (unpaired) electrons. The summed E-state index contributed by atoms with van der Waals surface area (Å²) in [4.78, 5) is 4.65. The van der Waals surface area contributed by atoms with Crippen LogP contribution in [-0.2, 0) is 6.54 Å². The van der Waals surface area contributed by atoms with E-state index in [4.69, 9.17) is 0 Å². The Kier molecular flexibility index (Phi) is 4.06. The lowest BCUT2D eigenvalue weighted by Crippen LogP contribution is -2.19. The van der Waals surface area contributed by atoms with Crippen molar-refractivity contribution >= 4 is 5.65 Å². The Balaban J connectivity index is 1.77. The van der Waals surface area contributed by atoms with E-state index in [0.29, 0.717) is 6.04 Å². The summed E-state index contributed by atoms with van der Waals surface area (Å²) in [5.74, 6) is 0. The molecule has 1 unspecified atom stereocenters. The lowest BCUT2D eigenvalue weighted by Gasteiger charge is -2.13. The summed E-state index contributed by atoms with van der Waals surface area (Å²) in [6.07, 6.45) is 9.59. The van der Waals surface area contributed by atoms with Gasteiger partial charge in [-0.25, -0.2) is 4.98 Å². The number of hydrogen-bond acceptors (Lipinski definition) is 2. The van der Waals surface area contributed by atoms with Crippen LogP contribution in [0.4, 0.5) is 0 Å². The number of nitrogens with zero attached hydrogens (tertiary/aromatic N) is 3. The van der Waals surface area contributed by atoms with Crippen molar-refractivity contribution in [2.75, 3.05) is 6.54 Å². The van der Waals surface area contributed by atoms with Gasteiger partial charge in [0.25, 0.3) is 0 Å². The van der Waals surface area contributed by atoms with Gasteiger partial charge in [-0.3, -0.25) is 0 Å². The molecule has 21 heavy (non-hydrogen) atoms. The molecule has 0 saturated heterocycles. The van der Waals surface area contributed by atoms with E-state index in [1.54, 1.807) is 0 Å². The highest BCUT2D eigenvalue weighted by molar-refractivity contribution is 5.39. The van der Waals surface area contributed by atoms with Crippen molar-refractivity contribution in [3.8, 4) is 0 Å². The predicted octanol–water partition coefficient (Wildman–Crippen LogP) is 3.24. The monoisotopic (exact) mass is 282 g/mol. The maximum absolute atomic E-state index is 4.65. The Labute approximate surface area is 125 Å². The molecule has 1 atom stereocenters. The van der Waals surface area contributed by atoms with Crippen LogP contribution in [0.25, 0.3) is 5.65 Å². The molecule has 0 amide bonds. The van der Waals surface area contributed by atoms with E-state index in [1.165, 1.54) is 5.56 Å². The molecule has 0 aliphatic rings. The van der Waals surface area contributed by atoms with Crippen molar-refractivity contribution in [2.24, 2.45) is 0 Å². The Morgan fingerprint density at radius 1 is 1.14 bits per heavy atom. The lowest BCUT2D eigenvalue weighted by molar-refractivity contribution is 0.536. The van der Waals surface area contributed by atoms with Gasteiger partial charge in [-0.05, 0) is 36.7 Å². The van der Waals surface area contributed by atoms with E-state index in [1.807, 2.05) is 24.4 Å². The second-order valence-electron chi connectivity index (χ2n) is 5.33. The fourth-order valence-electron chi connectivity index (χ4n) is 2.76. The largest absolute Gasteiger partial charge is 0.348 e. The third-order valence-corrected chi connectivity index (χ3v) is 3.79. The van der Waals surface area contributed by atoms with Crippen LogP contribution >= 0.6 is 0 Å². The quantitative estimate of drug-likeness (QED) is 0.753. The van der Waals surface area contributed by atoms with Crippen LogP contribution in [0.5, 0.6) is 0 Å². The first-order valence-electron chi connectivity index (χ1n) is 7.61. The maximum Gasteiger partial charge on any atom is 0.137 e. The van der Waals surface area contributed by atoms with Gasteiger partial charge in [0.05, 0.1) is 12.2 Å². The summed E-state index contributed by atoms with van der Waals surface area (Å²) in [5.41, 5.74) is 3.43. The number of imidazole rings is 1. The van der Waals surface area contributed by atoms with Crippen LogP contribution in [0, 0.1) is 0 Å². The molecule has 0 saturated carbocycles. The fourth-order valence-corrected chi connectivity index (χ4v) is 2.76.